The molecule has 0 aliphatic rings. The molecule has 0 aromatic heterocycles. The minimum absolute atomic E-state index is 0.0108. The van der Waals surface area contributed by atoms with E-state index in [4.69, 9.17) is 14.2 Å². The van der Waals surface area contributed by atoms with Crippen molar-refractivity contribution in [3.05, 3.63) is 54.1 Å². The Morgan fingerprint density at radius 1 is 0.897 bits per heavy atom. The first-order chi connectivity index (χ1) is 14.2. The van der Waals surface area contributed by atoms with Gasteiger partial charge < -0.3 is 19.5 Å². The van der Waals surface area contributed by atoms with E-state index in [9.17, 15) is 4.79 Å². The van der Waals surface area contributed by atoms with Gasteiger partial charge in [-0.15, -0.1) is 0 Å². The number of rotatable bonds is 14. The summed E-state index contributed by atoms with van der Waals surface area (Å²) in [6.45, 7) is 3.47. The molecule has 5 nitrogen and oxygen atoms in total. The number of amides is 1. The zero-order valence-corrected chi connectivity index (χ0v) is 17.6. The fourth-order valence-corrected chi connectivity index (χ4v) is 2.89. The Labute approximate surface area is 174 Å². The molecule has 0 heterocycles. The van der Waals surface area contributed by atoms with Crippen molar-refractivity contribution in [3.8, 4) is 17.2 Å². The molecule has 2 aromatic carbocycles. The van der Waals surface area contributed by atoms with Gasteiger partial charge in [0.15, 0.2) is 6.61 Å². The predicted octanol–water partition coefficient (Wildman–Crippen LogP) is 4.78. The van der Waals surface area contributed by atoms with Crippen molar-refractivity contribution in [2.45, 2.75) is 45.4 Å². The summed E-state index contributed by atoms with van der Waals surface area (Å²) in [5.41, 5.74) is 1.14. The maximum absolute atomic E-state index is 12.0. The van der Waals surface area contributed by atoms with E-state index in [0.29, 0.717) is 18.9 Å². The number of carbonyl (C=O) groups is 1. The van der Waals surface area contributed by atoms with Crippen molar-refractivity contribution in [2.75, 3.05) is 26.9 Å². The van der Waals surface area contributed by atoms with Crippen LogP contribution in [0.1, 0.15) is 44.6 Å². The van der Waals surface area contributed by atoms with E-state index in [0.717, 1.165) is 29.9 Å². The average molecular weight is 400 g/mol. The quantitative estimate of drug-likeness (QED) is 0.465. The third-order valence-electron chi connectivity index (χ3n) is 4.59. The van der Waals surface area contributed by atoms with Gasteiger partial charge in [0.25, 0.3) is 5.91 Å². The third-order valence-corrected chi connectivity index (χ3v) is 4.59. The Kier molecular flexibility index (Phi) is 10.5. The fraction of sp³-hybridized carbons (Fsp3) is 0.458. The van der Waals surface area contributed by atoms with Crippen molar-refractivity contribution in [2.24, 2.45) is 0 Å². The van der Waals surface area contributed by atoms with Crippen LogP contribution in [0, 0.1) is 0 Å². The second-order valence-electron chi connectivity index (χ2n) is 6.97. The molecule has 0 aliphatic carbocycles. The van der Waals surface area contributed by atoms with Gasteiger partial charge in [-0.3, -0.25) is 4.79 Å². The largest absolute Gasteiger partial charge is 0.497 e. The van der Waals surface area contributed by atoms with Gasteiger partial charge in [0, 0.05) is 12.6 Å². The molecule has 1 N–H and O–H groups in total. The minimum atomic E-state index is -0.138. The molecule has 2 aromatic rings. The van der Waals surface area contributed by atoms with Crippen LogP contribution in [0.4, 0.5) is 0 Å². The number of hydrogen-bond donors (Lipinski definition) is 1. The Balaban J connectivity index is 1.63. The maximum atomic E-state index is 12.0. The smallest absolute Gasteiger partial charge is 0.257 e. The van der Waals surface area contributed by atoms with Crippen LogP contribution in [-0.2, 0) is 11.2 Å². The molecule has 0 spiro atoms. The fourth-order valence-electron chi connectivity index (χ4n) is 2.89. The normalized spacial score (nSPS) is 10.4. The van der Waals surface area contributed by atoms with Gasteiger partial charge in [-0.25, -0.2) is 0 Å². The zero-order valence-electron chi connectivity index (χ0n) is 17.6. The van der Waals surface area contributed by atoms with Crippen LogP contribution in [0.15, 0.2) is 48.5 Å². The number of ether oxygens (including phenoxy) is 3. The molecule has 0 saturated heterocycles. The number of methoxy groups -OCH3 is 1. The monoisotopic (exact) mass is 399 g/mol. The van der Waals surface area contributed by atoms with E-state index in [1.54, 1.807) is 7.11 Å². The second kappa shape index (κ2) is 13.5. The average Bonchev–Trinajstić information content (AvgIpc) is 2.75. The van der Waals surface area contributed by atoms with Crippen molar-refractivity contribution in [1.29, 1.82) is 0 Å². The van der Waals surface area contributed by atoms with Gasteiger partial charge in [-0.2, -0.15) is 0 Å². The lowest BCUT2D eigenvalue weighted by atomic mass is 10.1. The minimum Gasteiger partial charge on any atom is -0.497 e. The lowest BCUT2D eigenvalue weighted by molar-refractivity contribution is -0.123. The summed E-state index contributed by atoms with van der Waals surface area (Å²) >= 11 is 0. The summed E-state index contributed by atoms with van der Waals surface area (Å²) in [4.78, 5) is 12.0. The maximum Gasteiger partial charge on any atom is 0.257 e. The molecule has 0 aliphatic heterocycles. The Morgan fingerprint density at radius 2 is 1.62 bits per heavy atom. The van der Waals surface area contributed by atoms with Gasteiger partial charge in [0.05, 0.1) is 13.7 Å². The number of nitrogens with one attached hydrogen (secondary N) is 1. The molecule has 158 valence electrons. The Bertz CT molecular complexity index is 715. The molecule has 0 atom stereocenters. The van der Waals surface area contributed by atoms with E-state index >= 15 is 0 Å². The van der Waals surface area contributed by atoms with Gasteiger partial charge >= 0.3 is 0 Å². The molecular formula is C24H33NO4. The van der Waals surface area contributed by atoms with Crippen LogP contribution >= 0.6 is 0 Å². The van der Waals surface area contributed by atoms with Crippen molar-refractivity contribution in [1.82, 2.24) is 5.32 Å². The molecule has 0 saturated carbocycles. The Hall–Kier alpha value is -2.69. The molecule has 5 heteroatoms. The predicted molar refractivity (Wildman–Crippen MR) is 116 cm³/mol. The topological polar surface area (TPSA) is 56.8 Å². The molecular weight excluding hydrogens is 366 g/mol. The molecule has 1 amide bonds. The summed E-state index contributed by atoms with van der Waals surface area (Å²) in [7, 11) is 1.64. The number of benzene rings is 2. The molecule has 2 rings (SSSR count). The van der Waals surface area contributed by atoms with Gasteiger partial charge in [0.1, 0.15) is 17.2 Å². The van der Waals surface area contributed by atoms with Crippen LogP contribution in [0.3, 0.4) is 0 Å². The number of hydrogen-bond acceptors (Lipinski definition) is 4. The van der Waals surface area contributed by atoms with E-state index < -0.39 is 0 Å². The molecule has 0 fully saturated rings. The number of unbranched alkanes of at least 4 members (excludes halogenated alkanes) is 4. The van der Waals surface area contributed by atoms with Gasteiger partial charge in [0.2, 0.25) is 0 Å². The molecule has 29 heavy (non-hydrogen) atoms. The zero-order chi connectivity index (χ0) is 20.7. The summed E-state index contributed by atoms with van der Waals surface area (Å²) in [6.07, 6.45) is 6.80. The third kappa shape index (κ3) is 9.37. The highest BCUT2D eigenvalue weighted by molar-refractivity contribution is 5.77. The van der Waals surface area contributed by atoms with Crippen molar-refractivity contribution in [3.63, 3.8) is 0 Å². The van der Waals surface area contributed by atoms with Gasteiger partial charge in [-0.05, 0) is 42.7 Å². The van der Waals surface area contributed by atoms with Crippen LogP contribution < -0.4 is 19.5 Å². The highest BCUT2D eigenvalue weighted by Crippen LogP contribution is 2.20. The highest BCUT2D eigenvalue weighted by Gasteiger charge is 2.04. The van der Waals surface area contributed by atoms with E-state index in [2.05, 4.69) is 12.2 Å². The second-order valence-corrected chi connectivity index (χ2v) is 6.97. The van der Waals surface area contributed by atoms with Crippen LogP contribution in [0.5, 0.6) is 17.2 Å². The number of carbonyl (C=O) groups excluding carboxylic acids is 1. The first-order valence-corrected chi connectivity index (χ1v) is 10.5. The first kappa shape index (κ1) is 22.6. The standard InChI is InChI=1S/C24H33NO4/c1-3-4-5-6-7-17-28-22-9-8-10-23(18-22)29-19-24(26)25-16-15-20-11-13-21(27-2)14-12-20/h8-14,18H,3-7,15-17,19H2,1-2H3,(H,25,26). The molecule has 0 radical (unpaired) electrons. The van der Waals surface area contributed by atoms with E-state index in [-0.39, 0.29) is 12.5 Å². The van der Waals surface area contributed by atoms with Crippen molar-refractivity contribution >= 4 is 5.91 Å². The lowest BCUT2D eigenvalue weighted by Crippen LogP contribution is -2.30. The first-order valence-electron chi connectivity index (χ1n) is 10.5. The van der Waals surface area contributed by atoms with E-state index in [1.165, 1.54) is 25.7 Å². The Morgan fingerprint density at radius 3 is 2.34 bits per heavy atom. The summed E-state index contributed by atoms with van der Waals surface area (Å²) < 4.78 is 16.5. The van der Waals surface area contributed by atoms with Crippen LogP contribution in [0.2, 0.25) is 0 Å². The van der Waals surface area contributed by atoms with E-state index in [1.807, 2.05) is 48.5 Å². The highest BCUT2D eigenvalue weighted by atomic mass is 16.5. The van der Waals surface area contributed by atoms with Crippen LogP contribution in [-0.4, -0.2) is 32.8 Å². The summed E-state index contributed by atoms with van der Waals surface area (Å²) in [6, 6.07) is 15.3. The van der Waals surface area contributed by atoms with Crippen LogP contribution in [0.25, 0.3) is 0 Å². The summed E-state index contributed by atoms with van der Waals surface area (Å²) in [5.74, 6) is 2.10. The molecule has 0 bridgehead atoms. The van der Waals surface area contributed by atoms with Crippen molar-refractivity contribution < 1.29 is 19.0 Å². The molecule has 0 unspecified atom stereocenters. The SMILES string of the molecule is CCCCCCCOc1cccc(OCC(=O)NCCc2ccc(OC)cc2)c1. The summed E-state index contributed by atoms with van der Waals surface area (Å²) in [5, 5.41) is 2.88. The van der Waals surface area contributed by atoms with Gasteiger partial charge in [-0.1, -0.05) is 50.8 Å². The lowest BCUT2D eigenvalue weighted by Gasteiger charge is -2.10.